The molecule has 0 aliphatic carbocycles. The van der Waals surface area contributed by atoms with Gasteiger partial charge in [-0.1, -0.05) is 12.1 Å². The molecule has 2 rings (SSSR count). The van der Waals surface area contributed by atoms with Gasteiger partial charge in [0.1, 0.15) is 11.6 Å². The van der Waals surface area contributed by atoms with Gasteiger partial charge in [-0.25, -0.2) is 8.78 Å². The van der Waals surface area contributed by atoms with Crippen LogP contribution in [0.2, 0.25) is 0 Å². The van der Waals surface area contributed by atoms with Crippen LogP contribution in [0.25, 0.3) is 0 Å². The van der Waals surface area contributed by atoms with Crippen molar-refractivity contribution in [1.82, 2.24) is 5.32 Å². The Balaban J connectivity index is 2.06. The number of nitrogens with one attached hydrogen (secondary N) is 1. The number of rotatable bonds is 4. The van der Waals surface area contributed by atoms with E-state index in [2.05, 4.69) is 5.32 Å². The van der Waals surface area contributed by atoms with Crippen LogP contribution in [0.15, 0.2) is 42.5 Å². The standard InChI is InChI=1S/C14H12BF2NO3/c16-11-4-1-9(2-5-11)8-18-14(19)10-3-6-13(17)12(7-10)15(20)21/h1-7,20-21H,8H2,(H,18,19). The minimum Gasteiger partial charge on any atom is -0.423 e. The van der Waals surface area contributed by atoms with E-state index in [1.807, 2.05) is 0 Å². The zero-order chi connectivity index (χ0) is 15.4. The summed E-state index contributed by atoms with van der Waals surface area (Å²) in [6.45, 7) is 0.174. The molecule has 0 fully saturated rings. The SMILES string of the molecule is O=C(NCc1ccc(F)cc1)c1ccc(F)c(B(O)O)c1. The van der Waals surface area contributed by atoms with E-state index in [1.165, 1.54) is 30.3 Å². The van der Waals surface area contributed by atoms with Crippen LogP contribution in [0, 0.1) is 11.6 Å². The van der Waals surface area contributed by atoms with Crippen molar-refractivity contribution in [2.24, 2.45) is 0 Å². The third-order valence-corrected chi connectivity index (χ3v) is 2.90. The van der Waals surface area contributed by atoms with Crippen LogP contribution in [0.1, 0.15) is 15.9 Å². The van der Waals surface area contributed by atoms with E-state index in [0.717, 1.165) is 12.1 Å². The quantitative estimate of drug-likeness (QED) is 0.722. The highest BCUT2D eigenvalue weighted by Gasteiger charge is 2.18. The lowest BCUT2D eigenvalue weighted by Crippen LogP contribution is -2.34. The highest BCUT2D eigenvalue weighted by Crippen LogP contribution is 2.05. The van der Waals surface area contributed by atoms with Crippen LogP contribution in [-0.2, 0) is 6.54 Å². The fraction of sp³-hybridized carbons (Fsp3) is 0.0714. The van der Waals surface area contributed by atoms with E-state index in [0.29, 0.717) is 5.56 Å². The van der Waals surface area contributed by atoms with Gasteiger partial charge in [-0.2, -0.15) is 0 Å². The summed E-state index contributed by atoms with van der Waals surface area (Å²) in [7, 11) is -1.99. The monoisotopic (exact) mass is 291 g/mol. The molecule has 108 valence electrons. The summed E-state index contributed by atoms with van der Waals surface area (Å²) < 4.78 is 26.0. The maximum absolute atomic E-state index is 13.3. The molecule has 0 radical (unpaired) electrons. The van der Waals surface area contributed by atoms with E-state index in [-0.39, 0.29) is 23.4 Å². The van der Waals surface area contributed by atoms with E-state index >= 15 is 0 Å². The molecule has 0 saturated heterocycles. The minimum atomic E-state index is -1.99. The van der Waals surface area contributed by atoms with Crippen LogP contribution in [0.4, 0.5) is 8.78 Å². The molecule has 7 heteroatoms. The van der Waals surface area contributed by atoms with Crippen LogP contribution < -0.4 is 10.8 Å². The van der Waals surface area contributed by atoms with Gasteiger partial charge in [0.15, 0.2) is 0 Å². The first-order valence-electron chi connectivity index (χ1n) is 6.15. The topological polar surface area (TPSA) is 69.6 Å². The maximum Gasteiger partial charge on any atom is 0.491 e. The van der Waals surface area contributed by atoms with E-state index in [1.54, 1.807) is 0 Å². The van der Waals surface area contributed by atoms with Gasteiger partial charge in [0.05, 0.1) is 0 Å². The Kier molecular flexibility index (Phi) is 4.67. The van der Waals surface area contributed by atoms with Gasteiger partial charge in [0, 0.05) is 17.6 Å². The summed E-state index contributed by atoms with van der Waals surface area (Å²) in [4.78, 5) is 11.9. The Bertz CT molecular complexity index is 647. The lowest BCUT2D eigenvalue weighted by molar-refractivity contribution is 0.0951. The number of hydrogen-bond acceptors (Lipinski definition) is 3. The molecule has 0 heterocycles. The van der Waals surface area contributed by atoms with E-state index < -0.39 is 18.8 Å². The minimum absolute atomic E-state index is 0.0987. The summed E-state index contributed by atoms with van der Waals surface area (Å²) >= 11 is 0. The number of carbonyl (C=O) groups excluding carboxylic acids is 1. The van der Waals surface area contributed by atoms with Gasteiger partial charge in [0.2, 0.25) is 0 Å². The van der Waals surface area contributed by atoms with E-state index in [4.69, 9.17) is 10.0 Å². The number of carbonyl (C=O) groups is 1. The Hall–Kier alpha value is -2.25. The van der Waals surface area contributed by atoms with Crippen molar-refractivity contribution in [2.75, 3.05) is 0 Å². The first-order valence-corrected chi connectivity index (χ1v) is 6.15. The molecular formula is C14H12BF2NO3. The number of hydrogen-bond donors (Lipinski definition) is 3. The molecule has 3 N–H and O–H groups in total. The lowest BCUT2D eigenvalue weighted by Gasteiger charge is -2.08. The smallest absolute Gasteiger partial charge is 0.423 e. The lowest BCUT2D eigenvalue weighted by atomic mass is 9.79. The zero-order valence-electron chi connectivity index (χ0n) is 10.9. The summed E-state index contributed by atoms with van der Waals surface area (Å²) in [6.07, 6.45) is 0. The molecular weight excluding hydrogens is 279 g/mol. The molecule has 2 aromatic rings. The summed E-state index contributed by atoms with van der Waals surface area (Å²) in [5.74, 6) is -1.67. The predicted molar refractivity (Wildman–Crippen MR) is 73.8 cm³/mol. The third-order valence-electron chi connectivity index (χ3n) is 2.90. The van der Waals surface area contributed by atoms with Crippen molar-refractivity contribution in [1.29, 1.82) is 0 Å². The third kappa shape index (κ3) is 3.87. The first kappa shape index (κ1) is 15.1. The predicted octanol–water partition coefficient (Wildman–Crippen LogP) is 0.575. The molecule has 0 unspecified atom stereocenters. The van der Waals surface area contributed by atoms with Crippen molar-refractivity contribution in [2.45, 2.75) is 6.54 Å². The van der Waals surface area contributed by atoms with Crippen molar-refractivity contribution >= 4 is 18.5 Å². The van der Waals surface area contributed by atoms with Gasteiger partial charge < -0.3 is 15.4 Å². The molecule has 21 heavy (non-hydrogen) atoms. The van der Waals surface area contributed by atoms with Crippen molar-refractivity contribution < 1.29 is 23.6 Å². The van der Waals surface area contributed by atoms with Crippen molar-refractivity contribution in [3.05, 3.63) is 65.2 Å². The van der Waals surface area contributed by atoms with Crippen LogP contribution in [-0.4, -0.2) is 23.1 Å². The average molecular weight is 291 g/mol. The Morgan fingerprint density at radius 2 is 1.76 bits per heavy atom. The molecule has 0 saturated carbocycles. The largest absolute Gasteiger partial charge is 0.491 e. The highest BCUT2D eigenvalue weighted by molar-refractivity contribution is 6.58. The van der Waals surface area contributed by atoms with Gasteiger partial charge >= 0.3 is 7.12 Å². The van der Waals surface area contributed by atoms with Gasteiger partial charge in [-0.05, 0) is 35.9 Å². The van der Waals surface area contributed by atoms with Gasteiger partial charge in [0.25, 0.3) is 5.91 Å². The number of amides is 1. The average Bonchev–Trinajstić information content (AvgIpc) is 2.46. The molecule has 1 amide bonds. The summed E-state index contributed by atoms with van der Waals surface area (Å²) in [6, 6.07) is 8.91. The molecule has 0 aliphatic heterocycles. The van der Waals surface area contributed by atoms with Crippen LogP contribution in [0.3, 0.4) is 0 Å². The van der Waals surface area contributed by atoms with Crippen LogP contribution in [0.5, 0.6) is 0 Å². The summed E-state index contributed by atoms with van der Waals surface area (Å²) in [5, 5.41) is 20.6. The zero-order valence-corrected chi connectivity index (χ0v) is 10.9. The molecule has 2 aromatic carbocycles. The number of benzene rings is 2. The fourth-order valence-corrected chi connectivity index (χ4v) is 1.77. The second-order valence-corrected chi connectivity index (χ2v) is 4.42. The number of halogens is 2. The Morgan fingerprint density at radius 1 is 1.10 bits per heavy atom. The Labute approximate surface area is 120 Å². The molecule has 0 spiro atoms. The fourth-order valence-electron chi connectivity index (χ4n) is 1.77. The maximum atomic E-state index is 13.3. The van der Waals surface area contributed by atoms with Crippen LogP contribution >= 0.6 is 0 Å². The second-order valence-electron chi connectivity index (χ2n) is 4.42. The normalized spacial score (nSPS) is 10.3. The van der Waals surface area contributed by atoms with Crippen molar-refractivity contribution in [3.8, 4) is 0 Å². The van der Waals surface area contributed by atoms with E-state index in [9.17, 15) is 13.6 Å². The molecule has 0 bridgehead atoms. The van der Waals surface area contributed by atoms with Gasteiger partial charge in [-0.15, -0.1) is 0 Å². The van der Waals surface area contributed by atoms with Gasteiger partial charge in [-0.3, -0.25) is 4.79 Å². The molecule has 0 aromatic heterocycles. The second kappa shape index (κ2) is 6.47. The first-order chi connectivity index (χ1) is 9.97. The molecule has 0 aliphatic rings. The van der Waals surface area contributed by atoms with Crippen molar-refractivity contribution in [3.63, 3.8) is 0 Å². The highest BCUT2D eigenvalue weighted by atomic mass is 19.1. The Morgan fingerprint density at radius 3 is 2.38 bits per heavy atom. The summed E-state index contributed by atoms with van der Waals surface area (Å²) in [5.41, 5.74) is 0.431. The molecule has 0 atom stereocenters. The molecule has 4 nitrogen and oxygen atoms in total.